The molecule has 1 aromatic carbocycles. The van der Waals surface area contributed by atoms with Crippen LogP contribution in [0, 0.1) is 5.92 Å². The summed E-state index contributed by atoms with van der Waals surface area (Å²) in [4.78, 5) is 2.28. The molecule has 106 valence electrons. The number of fused-ring (bicyclic) bond motifs is 1. The van der Waals surface area contributed by atoms with Gasteiger partial charge in [-0.1, -0.05) is 19.9 Å². The fraction of sp³-hybridized carbons (Fsp3) is 0.647. The van der Waals surface area contributed by atoms with E-state index in [1.54, 1.807) is 7.11 Å². The number of hydrogen-bond acceptors (Lipinski definition) is 2. The zero-order valence-electron chi connectivity index (χ0n) is 13.0. The Bertz CT molecular complexity index is 441. The van der Waals surface area contributed by atoms with Crippen molar-refractivity contribution in [2.45, 2.75) is 38.5 Å². The van der Waals surface area contributed by atoms with Gasteiger partial charge in [-0.15, -0.1) is 0 Å². The highest BCUT2D eigenvalue weighted by molar-refractivity contribution is 5.42. The molecule has 2 unspecified atom stereocenters. The van der Waals surface area contributed by atoms with Crippen LogP contribution in [0.15, 0.2) is 18.2 Å². The van der Waals surface area contributed by atoms with E-state index in [0.29, 0.717) is 0 Å². The van der Waals surface area contributed by atoms with E-state index in [0.717, 1.165) is 18.2 Å². The van der Waals surface area contributed by atoms with Gasteiger partial charge in [-0.05, 0) is 74.5 Å². The number of benzene rings is 1. The summed E-state index contributed by atoms with van der Waals surface area (Å²) in [5.41, 5.74) is 3.29. The van der Waals surface area contributed by atoms with Gasteiger partial charge < -0.3 is 9.64 Å². The normalized spacial score (nSPS) is 26.3. The molecule has 0 amide bonds. The first-order valence-electron chi connectivity index (χ1n) is 7.29. The zero-order valence-corrected chi connectivity index (χ0v) is 13.0. The first-order chi connectivity index (χ1) is 8.97. The van der Waals surface area contributed by atoms with Crippen LogP contribution in [0.3, 0.4) is 0 Å². The van der Waals surface area contributed by atoms with Crippen LogP contribution in [-0.4, -0.2) is 32.6 Å². The molecule has 19 heavy (non-hydrogen) atoms. The summed E-state index contributed by atoms with van der Waals surface area (Å²) in [7, 11) is 6.07. The van der Waals surface area contributed by atoms with Gasteiger partial charge in [-0.3, -0.25) is 0 Å². The van der Waals surface area contributed by atoms with E-state index in [4.69, 9.17) is 4.74 Å². The van der Waals surface area contributed by atoms with Gasteiger partial charge in [0.05, 0.1) is 7.11 Å². The van der Waals surface area contributed by atoms with Crippen LogP contribution in [0.5, 0.6) is 5.75 Å². The molecule has 0 N–H and O–H groups in total. The van der Waals surface area contributed by atoms with E-state index in [9.17, 15) is 0 Å². The van der Waals surface area contributed by atoms with Crippen LogP contribution in [0.4, 0.5) is 0 Å². The van der Waals surface area contributed by atoms with Gasteiger partial charge in [-0.2, -0.15) is 0 Å². The Balaban J connectivity index is 2.37. The SMILES string of the molecule is COc1ccc2c(c1)C(C)(CCN(C)C)C(C)CC2. The highest BCUT2D eigenvalue weighted by Crippen LogP contribution is 2.44. The van der Waals surface area contributed by atoms with Crippen molar-refractivity contribution in [1.29, 1.82) is 0 Å². The number of hydrogen-bond donors (Lipinski definition) is 0. The third kappa shape index (κ3) is 2.79. The highest BCUT2D eigenvalue weighted by Gasteiger charge is 2.37. The standard InChI is InChI=1S/C17H27NO/c1-13-6-7-14-8-9-15(19-5)12-16(14)17(13,2)10-11-18(3)4/h8-9,12-13H,6-7,10-11H2,1-5H3. The Hall–Kier alpha value is -1.02. The molecule has 1 aliphatic carbocycles. The molecule has 2 heteroatoms. The highest BCUT2D eigenvalue weighted by atomic mass is 16.5. The number of nitrogens with zero attached hydrogens (tertiary/aromatic N) is 1. The Labute approximate surface area is 117 Å². The lowest BCUT2D eigenvalue weighted by atomic mass is 9.63. The maximum Gasteiger partial charge on any atom is 0.119 e. The number of methoxy groups -OCH3 is 1. The second-order valence-corrected chi connectivity index (χ2v) is 6.43. The molecule has 0 bridgehead atoms. The largest absolute Gasteiger partial charge is 0.497 e. The van der Waals surface area contributed by atoms with Crippen molar-refractivity contribution >= 4 is 0 Å². The van der Waals surface area contributed by atoms with E-state index in [1.807, 2.05) is 0 Å². The predicted octanol–water partition coefficient (Wildman–Crippen LogP) is 3.49. The third-order valence-corrected chi connectivity index (χ3v) is 4.95. The van der Waals surface area contributed by atoms with Crippen molar-refractivity contribution in [2.24, 2.45) is 5.92 Å². The zero-order chi connectivity index (χ0) is 14.0. The van der Waals surface area contributed by atoms with Gasteiger partial charge in [0.2, 0.25) is 0 Å². The van der Waals surface area contributed by atoms with Gasteiger partial charge in [0.15, 0.2) is 0 Å². The third-order valence-electron chi connectivity index (χ3n) is 4.95. The molecule has 0 aliphatic heterocycles. The summed E-state index contributed by atoms with van der Waals surface area (Å²) >= 11 is 0. The van der Waals surface area contributed by atoms with Gasteiger partial charge in [-0.25, -0.2) is 0 Å². The first kappa shape index (κ1) is 14.4. The minimum atomic E-state index is 0.270. The first-order valence-corrected chi connectivity index (χ1v) is 7.29. The van der Waals surface area contributed by atoms with Crippen molar-refractivity contribution < 1.29 is 4.74 Å². The van der Waals surface area contributed by atoms with Crippen LogP contribution >= 0.6 is 0 Å². The minimum Gasteiger partial charge on any atom is -0.497 e. The van der Waals surface area contributed by atoms with Gasteiger partial charge >= 0.3 is 0 Å². The molecule has 1 aromatic rings. The quantitative estimate of drug-likeness (QED) is 0.822. The van der Waals surface area contributed by atoms with E-state index in [-0.39, 0.29) is 5.41 Å². The lowest BCUT2D eigenvalue weighted by Crippen LogP contribution is -2.38. The molecule has 0 heterocycles. The number of ether oxygens (including phenoxy) is 1. The molecule has 0 aromatic heterocycles. The Morgan fingerprint density at radius 1 is 1.37 bits per heavy atom. The van der Waals surface area contributed by atoms with E-state index in [1.165, 1.54) is 30.4 Å². The molecule has 0 saturated carbocycles. The summed E-state index contributed by atoms with van der Waals surface area (Å²) in [5.74, 6) is 1.72. The predicted molar refractivity (Wildman–Crippen MR) is 81.0 cm³/mol. The average Bonchev–Trinajstić information content (AvgIpc) is 2.41. The lowest BCUT2D eigenvalue weighted by Gasteiger charge is -2.42. The van der Waals surface area contributed by atoms with Crippen LogP contribution < -0.4 is 4.74 Å². The monoisotopic (exact) mass is 261 g/mol. The van der Waals surface area contributed by atoms with Crippen LogP contribution in [-0.2, 0) is 11.8 Å². The second kappa shape index (κ2) is 5.54. The molecule has 2 nitrogen and oxygen atoms in total. The van der Waals surface area contributed by atoms with Crippen molar-refractivity contribution in [3.05, 3.63) is 29.3 Å². The van der Waals surface area contributed by atoms with Gasteiger partial charge in [0, 0.05) is 0 Å². The van der Waals surface area contributed by atoms with Crippen molar-refractivity contribution in [1.82, 2.24) is 4.90 Å². The van der Waals surface area contributed by atoms with Crippen molar-refractivity contribution in [3.8, 4) is 5.75 Å². The smallest absolute Gasteiger partial charge is 0.119 e. The Morgan fingerprint density at radius 3 is 2.74 bits per heavy atom. The molecule has 2 rings (SSSR count). The Kier molecular flexibility index (Phi) is 4.19. The van der Waals surface area contributed by atoms with E-state index < -0.39 is 0 Å². The number of rotatable bonds is 4. The molecule has 0 fully saturated rings. The van der Waals surface area contributed by atoms with Gasteiger partial charge in [0.1, 0.15) is 5.75 Å². The second-order valence-electron chi connectivity index (χ2n) is 6.43. The van der Waals surface area contributed by atoms with Crippen LogP contribution in [0.25, 0.3) is 0 Å². The molecule has 0 radical (unpaired) electrons. The van der Waals surface area contributed by atoms with E-state index >= 15 is 0 Å². The molecule has 1 aliphatic rings. The molecule has 0 spiro atoms. The van der Waals surface area contributed by atoms with Crippen molar-refractivity contribution in [3.63, 3.8) is 0 Å². The van der Waals surface area contributed by atoms with Crippen LogP contribution in [0.1, 0.15) is 37.8 Å². The summed E-state index contributed by atoms with van der Waals surface area (Å²) in [6.07, 6.45) is 3.71. The lowest BCUT2D eigenvalue weighted by molar-refractivity contribution is 0.228. The Morgan fingerprint density at radius 2 is 2.11 bits per heavy atom. The summed E-state index contributed by atoms with van der Waals surface area (Å²) in [5, 5.41) is 0. The topological polar surface area (TPSA) is 12.5 Å². The van der Waals surface area contributed by atoms with E-state index in [2.05, 4.69) is 51.0 Å². The molecular weight excluding hydrogens is 234 g/mol. The number of aryl methyl sites for hydroxylation is 1. The summed E-state index contributed by atoms with van der Waals surface area (Å²) < 4.78 is 5.42. The molecular formula is C17H27NO. The van der Waals surface area contributed by atoms with Gasteiger partial charge in [0.25, 0.3) is 0 Å². The minimum absolute atomic E-state index is 0.270. The average molecular weight is 261 g/mol. The maximum atomic E-state index is 5.42. The fourth-order valence-corrected chi connectivity index (χ4v) is 3.23. The van der Waals surface area contributed by atoms with Crippen LogP contribution in [0.2, 0.25) is 0 Å². The maximum absolute atomic E-state index is 5.42. The molecule has 2 atom stereocenters. The van der Waals surface area contributed by atoms with Crippen molar-refractivity contribution in [2.75, 3.05) is 27.7 Å². The molecule has 0 saturated heterocycles. The summed E-state index contributed by atoms with van der Waals surface area (Å²) in [6, 6.07) is 6.62. The summed E-state index contributed by atoms with van der Waals surface area (Å²) in [6.45, 7) is 5.97. The fourth-order valence-electron chi connectivity index (χ4n) is 3.23.